The van der Waals surface area contributed by atoms with Crippen molar-refractivity contribution in [1.82, 2.24) is 39.6 Å². The van der Waals surface area contributed by atoms with Crippen LogP contribution in [0.25, 0.3) is 44.3 Å². The molecule has 0 saturated carbocycles. The highest BCUT2D eigenvalue weighted by Gasteiger charge is 2.38. The number of methoxy groups -OCH3 is 3. The average molecular weight is 784 g/mol. The van der Waals surface area contributed by atoms with Crippen LogP contribution >= 0.6 is 0 Å². The van der Waals surface area contributed by atoms with Gasteiger partial charge in [-0.05, 0) is 37.8 Å². The lowest BCUT2D eigenvalue weighted by molar-refractivity contribution is -0.142. The molecule has 5 aromatic rings. The molecule has 2 fully saturated rings. The normalized spacial score (nSPS) is 18.0. The minimum Gasteiger partial charge on any atom is -0.453 e. The fourth-order valence-corrected chi connectivity index (χ4v) is 8.15. The molecule has 5 N–H and O–H groups in total. The van der Waals surface area contributed by atoms with E-state index in [-0.39, 0.29) is 36.9 Å². The number of nitrogens with two attached hydrogens (primary N) is 1. The van der Waals surface area contributed by atoms with Gasteiger partial charge in [0, 0.05) is 86.7 Å². The van der Waals surface area contributed by atoms with Gasteiger partial charge in [-0.3, -0.25) is 9.59 Å². The Bertz CT molecular complexity index is 2260. The number of H-pyrrole nitrogens is 2. The van der Waals surface area contributed by atoms with E-state index in [4.69, 9.17) is 29.7 Å². The van der Waals surface area contributed by atoms with E-state index in [1.54, 1.807) is 29.3 Å². The molecule has 0 bridgehead atoms. The van der Waals surface area contributed by atoms with Gasteiger partial charge in [-0.1, -0.05) is 24.3 Å². The fourth-order valence-electron chi connectivity index (χ4n) is 8.15. The number of aromatic amines is 2. The number of carbonyl (C=O) groups is 4. The number of likely N-dealkylation sites (tertiary alicyclic amines) is 2. The summed E-state index contributed by atoms with van der Waals surface area (Å²) in [6, 6.07) is 11.3. The SMILES string of the molecule is COCC[C@H](NC(=O)OC)C(=O)N1CCC[C@H]1c1ncc(-c2ccc3c4ccc(-c5cnc([C@@H]6CCCN6C(=O)[C@H](CCOC)OC(N)=O)[nH]5)cc4n(C)c3c2)[nH]1. The Morgan fingerprint density at radius 3 is 1.84 bits per heavy atom. The summed E-state index contributed by atoms with van der Waals surface area (Å²) >= 11 is 0. The number of alkyl carbamates (subject to hydrolysis) is 1. The van der Waals surface area contributed by atoms with Crippen LogP contribution in [-0.4, -0.2) is 118 Å². The first-order valence-corrected chi connectivity index (χ1v) is 19.1. The largest absolute Gasteiger partial charge is 0.453 e. The quantitative estimate of drug-likeness (QED) is 0.122. The molecule has 4 amide bonds. The van der Waals surface area contributed by atoms with Crippen LogP contribution in [0.15, 0.2) is 48.8 Å². The zero-order chi connectivity index (χ0) is 40.2. The summed E-state index contributed by atoms with van der Waals surface area (Å²) in [6.45, 7) is 1.62. The van der Waals surface area contributed by atoms with Crippen molar-refractivity contribution in [2.45, 2.75) is 62.8 Å². The summed E-state index contributed by atoms with van der Waals surface area (Å²) in [4.78, 5) is 70.5. The molecule has 7 rings (SSSR count). The van der Waals surface area contributed by atoms with Crippen LogP contribution < -0.4 is 11.1 Å². The van der Waals surface area contributed by atoms with E-state index in [2.05, 4.69) is 61.2 Å². The van der Waals surface area contributed by atoms with E-state index < -0.39 is 24.3 Å². The maximum Gasteiger partial charge on any atom is 0.407 e. The fraction of sp³-hybridized carbons (Fsp3) is 0.450. The Labute approximate surface area is 329 Å². The first-order chi connectivity index (χ1) is 27.6. The van der Waals surface area contributed by atoms with Crippen LogP contribution in [-0.2, 0) is 35.6 Å². The number of hydrogen-bond donors (Lipinski definition) is 4. The Morgan fingerprint density at radius 1 is 0.807 bits per heavy atom. The monoisotopic (exact) mass is 783 g/mol. The van der Waals surface area contributed by atoms with Gasteiger partial charge in [-0.25, -0.2) is 19.6 Å². The van der Waals surface area contributed by atoms with E-state index in [0.717, 1.165) is 70.0 Å². The molecule has 0 unspecified atom stereocenters. The molecular weight excluding hydrogens is 734 g/mol. The van der Waals surface area contributed by atoms with Gasteiger partial charge in [0.25, 0.3) is 5.91 Å². The second-order valence-electron chi connectivity index (χ2n) is 14.4. The molecular formula is C40H49N9O8. The van der Waals surface area contributed by atoms with Crippen molar-refractivity contribution in [2.75, 3.05) is 47.6 Å². The zero-order valence-electron chi connectivity index (χ0n) is 32.6. The zero-order valence-corrected chi connectivity index (χ0v) is 32.6. The van der Waals surface area contributed by atoms with Crippen LogP contribution in [0.4, 0.5) is 9.59 Å². The highest BCUT2D eigenvalue weighted by molar-refractivity contribution is 6.09. The standard InChI is InChI=1S/C40H49N9O8/c1-47-32-19-23(28-21-42-35(44-28)30-7-5-15-48(30)37(50)27(13-17-54-2)46-40(53)56-4)9-11-25(32)26-12-10-24(20-33(26)47)29-22-43-36(45-29)31-8-6-16-49(31)38(51)34(14-18-55-3)57-39(41)52/h9-12,19-22,27,30-31,34H,5-8,13-18H2,1-4H3,(H2,41,52)(H,42,44)(H,43,45)(H,46,53)/t27-,30-,31-,34-/m0/s1. The third kappa shape index (κ3) is 8.02. The number of benzene rings is 2. The lowest BCUT2D eigenvalue weighted by Crippen LogP contribution is -2.49. The maximum absolute atomic E-state index is 13.6. The summed E-state index contributed by atoms with van der Waals surface area (Å²) in [7, 11) is 6.38. The molecule has 17 heteroatoms. The van der Waals surface area contributed by atoms with Gasteiger partial charge in [0.2, 0.25) is 5.91 Å². The van der Waals surface area contributed by atoms with Crippen molar-refractivity contribution in [1.29, 1.82) is 0 Å². The number of carbonyl (C=O) groups excluding carboxylic acids is 4. The number of ether oxygens (including phenoxy) is 4. The molecule has 2 saturated heterocycles. The molecule has 302 valence electrons. The predicted octanol–water partition coefficient (Wildman–Crippen LogP) is 4.70. The summed E-state index contributed by atoms with van der Waals surface area (Å²) in [5, 5.41) is 4.85. The first-order valence-electron chi connectivity index (χ1n) is 19.1. The predicted molar refractivity (Wildman–Crippen MR) is 210 cm³/mol. The van der Waals surface area contributed by atoms with Crippen molar-refractivity contribution in [2.24, 2.45) is 12.8 Å². The van der Waals surface area contributed by atoms with E-state index in [9.17, 15) is 19.2 Å². The number of nitrogens with zero attached hydrogens (tertiary/aromatic N) is 5. The minimum absolute atomic E-state index is 0.199. The number of rotatable bonds is 14. The van der Waals surface area contributed by atoms with Gasteiger partial charge in [-0.15, -0.1) is 0 Å². The summed E-state index contributed by atoms with van der Waals surface area (Å²) in [5.41, 5.74) is 10.9. The first kappa shape index (κ1) is 39.3. The average Bonchev–Trinajstić information content (AvgIpc) is 4.07. The second-order valence-corrected chi connectivity index (χ2v) is 14.4. The molecule has 17 nitrogen and oxygen atoms in total. The molecule has 3 aromatic heterocycles. The smallest absolute Gasteiger partial charge is 0.407 e. The number of primary amides is 1. The number of aryl methyl sites for hydroxylation is 1. The van der Waals surface area contributed by atoms with Gasteiger partial charge in [0.1, 0.15) is 17.7 Å². The van der Waals surface area contributed by atoms with Crippen molar-refractivity contribution < 1.29 is 38.1 Å². The van der Waals surface area contributed by atoms with Crippen molar-refractivity contribution in [3.05, 3.63) is 60.4 Å². The van der Waals surface area contributed by atoms with Crippen LogP contribution in [0, 0.1) is 0 Å². The second kappa shape index (κ2) is 17.1. The number of imidazole rings is 2. The number of hydrogen-bond acceptors (Lipinski definition) is 10. The van der Waals surface area contributed by atoms with Crippen molar-refractivity contribution in [3.63, 3.8) is 0 Å². The molecule has 2 aliphatic rings. The van der Waals surface area contributed by atoms with Crippen molar-refractivity contribution >= 4 is 45.8 Å². The molecule has 2 aliphatic heterocycles. The van der Waals surface area contributed by atoms with Gasteiger partial charge in [-0.2, -0.15) is 0 Å². The number of nitrogens with one attached hydrogen (secondary N) is 3. The van der Waals surface area contributed by atoms with E-state index in [1.165, 1.54) is 14.2 Å². The summed E-state index contributed by atoms with van der Waals surface area (Å²) in [6.07, 6.45) is 4.47. The van der Waals surface area contributed by atoms with E-state index >= 15 is 0 Å². The van der Waals surface area contributed by atoms with Crippen LogP contribution in [0.3, 0.4) is 0 Å². The number of fused-ring (bicyclic) bond motifs is 3. The number of aromatic nitrogens is 5. The Kier molecular flexibility index (Phi) is 11.8. The number of amides is 4. The Morgan fingerprint density at radius 2 is 1.33 bits per heavy atom. The van der Waals surface area contributed by atoms with Gasteiger partial charge in [0.05, 0.1) is 49.6 Å². The topological polar surface area (TPSA) is 212 Å². The third-order valence-electron chi connectivity index (χ3n) is 11.0. The molecule has 0 aliphatic carbocycles. The van der Waals surface area contributed by atoms with Gasteiger partial charge < -0.3 is 54.3 Å². The molecule has 0 spiro atoms. The molecule has 4 atom stereocenters. The highest BCUT2D eigenvalue weighted by Crippen LogP contribution is 2.37. The Balaban J connectivity index is 1.10. The Hall–Kier alpha value is -5.94. The molecule has 5 heterocycles. The molecule has 2 aromatic carbocycles. The van der Waals surface area contributed by atoms with E-state index in [1.807, 2.05) is 7.05 Å². The van der Waals surface area contributed by atoms with Gasteiger partial charge >= 0.3 is 12.2 Å². The van der Waals surface area contributed by atoms with Crippen LogP contribution in [0.5, 0.6) is 0 Å². The molecule has 0 radical (unpaired) electrons. The minimum atomic E-state index is -1.03. The lowest BCUT2D eigenvalue weighted by Gasteiger charge is -2.28. The van der Waals surface area contributed by atoms with Crippen LogP contribution in [0.2, 0.25) is 0 Å². The lowest BCUT2D eigenvalue weighted by atomic mass is 10.1. The van der Waals surface area contributed by atoms with Gasteiger partial charge in [0.15, 0.2) is 6.10 Å². The summed E-state index contributed by atoms with van der Waals surface area (Å²) < 4.78 is 22.4. The van der Waals surface area contributed by atoms with Crippen molar-refractivity contribution in [3.8, 4) is 22.5 Å². The van der Waals surface area contributed by atoms with E-state index in [0.29, 0.717) is 37.8 Å². The molecule has 57 heavy (non-hydrogen) atoms. The summed E-state index contributed by atoms with van der Waals surface area (Å²) in [5.74, 6) is 0.835. The van der Waals surface area contributed by atoms with Crippen LogP contribution in [0.1, 0.15) is 62.3 Å². The third-order valence-corrected chi connectivity index (χ3v) is 11.0. The highest BCUT2D eigenvalue weighted by atomic mass is 16.6. The maximum atomic E-state index is 13.6.